The molecular formula is C25H31F3N4O2. The monoisotopic (exact) mass is 476 g/mol. The largest absolute Gasteiger partial charge is 0.416 e. The lowest BCUT2D eigenvalue weighted by Crippen LogP contribution is -2.50. The molecule has 1 fully saturated rings. The van der Waals surface area contributed by atoms with E-state index in [1.54, 1.807) is 0 Å². The summed E-state index contributed by atoms with van der Waals surface area (Å²) in [6, 6.07) is 12.1. The highest BCUT2D eigenvalue weighted by Crippen LogP contribution is 2.30. The van der Waals surface area contributed by atoms with Crippen molar-refractivity contribution in [3.8, 4) is 0 Å². The summed E-state index contributed by atoms with van der Waals surface area (Å²) in [6.45, 7) is 2.70. The Morgan fingerprint density at radius 2 is 1.68 bits per heavy atom. The van der Waals surface area contributed by atoms with Crippen molar-refractivity contribution in [2.75, 3.05) is 25.0 Å². The van der Waals surface area contributed by atoms with Gasteiger partial charge in [-0.05, 0) is 69.0 Å². The summed E-state index contributed by atoms with van der Waals surface area (Å²) in [4.78, 5) is 27.9. The third-order valence-corrected chi connectivity index (χ3v) is 5.95. The molecule has 1 heterocycles. The lowest BCUT2D eigenvalue weighted by Gasteiger charge is -2.22. The maximum absolute atomic E-state index is 13.0. The molecule has 9 heteroatoms. The minimum absolute atomic E-state index is 0.0112. The quantitative estimate of drug-likeness (QED) is 0.489. The van der Waals surface area contributed by atoms with Crippen molar-refractivity contribution < 1.29 is 22.8 Å². The van der Waals surface area contributed by atoms with E-state index in [2.05, 4.69) is 15.5 Å². The van der Waals surface area contributed by atoms with Crippen LogP contribution in [0.4, 0.5) is 18.9 Å². The van der Waals surface area contributed by atoms with Crippen molar-refractivity contribution in [2.45, 2.75) is 50.4 Å². The number of nitrogens with zero attached hydrogens (tertiary/aromatic N) is 1. The number of aryl methyl sites for hydroxylation is 1. The average Bonchev–Trinajstić information content (AvgIpc) is 3.34. The summed E-state index contributed by atoms with van der Waals surface area (Å²) in [7, 11) is 0. The van der Waals surface area contributed by atoms with Crippen LogP contribution in [0.5, 0.6) is 0 Å². The van der Waals surface area contributed by atoms with Crippen LogP contribution in [0.15, 0.2) is 54.6 Å². The zero-order valence-corrected chi connectivity index (χ0v) is 19.0. The van der Waals surface area contributed by atoms with E-state index in [-0.39, 0.29) is 12.1 Å². The van der Waals surface area contributed by atoms with Gasteiger partial charge in [0.05, 0.1) is 11.6 Å². The molecule has 0 aliphatic carbocycles. The Kier molecular flexibility index (Phi) is 9.06. The Balaban J connectivity index is 1.65. The van der Waals surface area contributed by atoms with Crippen molar-refractivity contribution in [1.29, 1.82) is 0 Å². The molecule has 0 bridgehead atoms. The molecule has 0 aromatic heterocycles. The zero-order chi connectivity index (χ0) is 24.6. The Bertz CT molecular complexity index is 947. The standard InChI is InChI=1S/C25H31F3N4O2/c26-25(27,28)19-9-6-10-20(17-19)30-24(34)22(12-11-18-7-2-1-3-8-18)31-23(33)21(29)13-16-32-14-4-5-15-32/h1-3,6-10,17,21-22H,4-5,11-16,29H2,(H,30,34)(H,31,33)/t21?,22-/m0/s1. The van der Waals surface area contributed by atoms with Gasteiger partial charge in [0.15, 0.2) is 0 Å². The van der Waals surface area contributed by atoms with E-state index in [0.717, 1.165) is 43.6 Å². The number of nitrogens with two attached hydrogens (primary N) is 1. The Morgan fingerprint density at radius 3 is 2.35 bits per heavy atom. The summed E-state index contributed by atoms with van der Waals surface area (Å²) in [5.74, 6) is -1.04. The molecule has 0 spiro atoms. The van der Waals surface area contributed by atoms with Crippen LogP contribution in [0.3, 0.4) is 0 Å². The lowest BCUT2D eigenvalue weighted by atomic mass is 10.0. The van der Waals surface area contributed by atoms with E-state index < -0.39 is 35.6 Å². The van der Waals surface area contributed by atoms with Gasteiger partial charge in [-0.3, -0.25) is 9.59 Å². The number of amides is 2. The highest BCUT2D eigenvalue weighted by molar-refractivity contribution is 5.97. The molecule has 0 saturated carbocycles. The molecule has 0 radical (unpaired) electrons. The van der Waals surface area contributed by atoms with E-state index in [1.807, 2.05) is 30.3 Å². The number of nitrogens with one attached hydrogen (secondary N) is 2. The Labute approximate surface area is 197 Å². The molecule has 34 heavy (non-hydrogen) atoms. The highest BCUT2D eigenvalue weighted by atomic mass is 19.4. The number of hydrogen-bond acceptors (Lipinski definition) is 4. The minimum Gasteiger partial charge on any atom is -0.343 e. The van der Waals surface area contributed by atoms with Gasteiger partial charge < -0.3 is 21.3 Å². The first kappa shape index (κ1) is 25.7. The second-order valence-corrected chi connectivity index (χ2v) is 8.60. The van der Waals surface area contributed by atoms with E-state index >= 15 is 0 Å². The number of alkyl halides is 3. The van der Waals surface area contributed by atoms with Gasteiger partial charge in [-0.2, -0.15) is 13.2 Å². The number of carbonyl (C=O) groups is 2. The number of hydrogen-bond donors (Lipinski definition) is 3. The first-order valence-corrected chi connectivity index (χ1v) is 11.5. The van der Waals surface area contributed by atoms with Crippen LogP contribution in [0.1, 0.15) is 36.8 Å². The molecule has 1 saturated heterocycles. The number of anilines is 1. The SMILES string of the molecule is NC(CCN1CCCC1)C(=O)N[C@@H](CCc1ccccc1)C(=O)Nc1cccc(C(F)(F)F)c1. The number of likely N-dealkylation sites (tertiary alicyclic amines) is 1. The number of carbonyl (C=O) groups excluding carboxylic acids is 2. The van der Waals surface area contributed by atoms with Crippen molar-refractivity contribution >= 4 is 17.5 Å². The first-order chi connectivity index (χ1) is 16.2. The topological polar surface area (TPSA) is 87.5 Å². The maximum atomic E-state index is 13.0. The van der Waals surface area contributed by atoms with Crippen LogP contribution >= 0.6 is 0 Å². The summed E-state index contributed by atoms with van der Waals surface area (Å²) in [5, 5.41) is 5.22. The molecule has 2 aromatic carbocycles. The van der Waals surface area contributed by atoms with Gasteiger partial charge in [0.2, 0.25) is 11.8 Å². The molecule has 184 valence electrons. The van der Waals surface area contributed by atoms with Crippen molar-refractivity contribution in [1.82, 2.24) is 10.2 Å². The van der Waals surface area contributed by atoms with Gasteiger partial charge in [-0.25, -0.2) is 0 Å². The van der Waals surface area contributed by atoms with Gasteiger partial charge in [0, 0.05) is 12.2 Å². The molecule has 3 rings (SSSR count). The molecule has 2 amide bonds. The van der Waals surface area contributed by atoms with Crippen molar-refractivity contribution in [3.63, 3.8) is 0 Å². The predicted molar refractivity (Wildman–Crippen MR) is 125 cm³/mol. The van der Waals surface area contributed by atoms with Gasteiger partial charge in [-0.15, -0.1) is 0 Å². The lowest BCUT2D eigenvalue weighted by molar-refractivity contribution is -0.137. The number of halogens is 3. The molecule has 2 atom stereocenters. The van der Waals surface area contributed by atoms with E-state index in [4.69, 9.17) is 5.73 Å². The Morgan fingerprint density at radius 1 is 0.971 bits per heavy atom. The molecule has 1 aliphatic heterocycles. The molecule has 6 nitrogen and oxygen atoms in total. The predicted octanol–water partition coefficient (Wildman–Crippen LogP) is 3.57. The van der Waals surface area contributed by atoms with E-state index in [1.165, 1.54) is 12.1 Å². The fraction of sp³-hybridized carbons (Fsp3) is 0.440. The van der Waals surface area contributed by atoms with Crippen molar-refractivity contribution in [2.24, 2.45) is 5.73 Å². The normalized spacial score (nSPS) is 16.1. The fourth-order valence-electron chi connectivity index (χ4n) is 3.96. The average molecular weight is 477 g/mol. The number of rotatable bonds is 10. The van der Waals surface area contributed by atoms with Crippen LogP contribution in [0, 0.1) is 0 Å². The van der Waals surface area contributed by atoms with Gasteiger partial charge in [0.1, 0.15) is 6.04 Å². The smallest absolute Gasteiger partial charge is 0.343 e. The van der Waals surface area contributed by atoms with E-state index in [0.29, 0.717) is 19.4 Å². The fourth-order valence-corrected chi connectivity index (χ4v) is 3.96. The first-order valence-electron chi connectivity index (χ1n) is 11.5. The Hall–Kier alpha value is -2.91. The molecular weight excluding hydrogens is 445 g/mol. The van der Waals surface area contributed by atoms with Gasteiger partial charge >= 0.3 is 6.18 Å². The zero-order valence-electron chi connectivity index (χ0n) is 19.0. The highest BCUT2D eigenvalue weighted by Gasteiger charge is 2.31. The second kappa shape index (κ2) is 12.0. The minimum atomic E-state index is -4.52. The van der Waals surface area contributed by atoms with E-state index in [9.17, 15) is 22.8 Å². The molecule has 2 aromatic rings. The van der Waals surface area contributed by atoms with Crippen LogP contribution in [-0.2, 0) is 22.2 Å². The third kappa shape index (κ3) is 7.85. The summed E-state index contributed by atoms with van der Waals surface area (Å²) in [5.41, 5.74) is 6.20. The summed E-state index contributed by atoms with van der Waals surface area (Å²) < 4.78 is 39.1. The summed E-state index contributed by atoms with van der Waals surface area (Å²) >= 11 is 0. The van der Waals surface area contributed by atoms with Gasteiger partial charge in [0.25, 0.3) is 0 Å². The second-order valence-electron chi connectivity index (χ2n) is 8.60. The summed E-state index contributed by atoms with van der Waals surface area (Å²) in [6.07, 6.45) is -1.00. The van der Waals surface area contributed by atoms with Gasteiger partial charge in [-0.1, -0.05) is 36.4 Å². The van der Waals surface area contributed by atoms with Crippen LogP contribution in [-0.4, -0.2) is 48.4 Å². The molecule has 1 aliphatic rings. The molecule has 1 unspecified atom stereocenters. The maximum Gasteiger partial charge on any atom is 0.416 e. The van der Waals surface area contributed by atoms with Crippen molar-refractivity contribution in [3.05, 3.63) is 65.7 Å². The number of benzene rings is 2. The third-order valence-electron chi connectivity index (χ3n) is 5.95. The van der Waals surface area contributed by atoms with Crippen LogP contribution in [0.2, 0.25) is 0 Å². The molecule has 4 N–H and O–H groups in total. The van der Waals surface area contributed by atoms with Crippen LogP contribution < -0.4 is 16.4 Å². The van der Waals surface area contributed by atoms with Crippen LogP contribution in [0.25, 0.3) is 0 Å².